The molecule has 1 aliphatic rings. The molecule has 0 saturated carbocycles. The number of aliphatic carboxylic acids is 1. The van der Waals surface area contributed by atoms with Gasteiger partial charge in [-0.3, -0.25) is 9.59 Å². The molecular formula is C13H11NO3. The maximum Gasteiger partial charge on any atom is 0.320 e. The van der Waals surface area contributed by atoms with E-state index >= 15 is 0 Å². The molecule has 1 atom stereocenters. The van der Waals surface area contributed by atoms with Crippen LogP contribution in [-0.2, 0) is 9.59 Å². The van der Waals surface area contributed by atoms with Gasteiger partial charge in [-0.05, 0) is 19.1 Å². The Hall–Kier alpha value is -2.23. The van der Waals surface area contributed by atoms with Gasteiger partial charge in [-0.25, -0.2) is 4.99 Å². The average Bonchev–Trinajstić information content (AvgIpc) is 2.28. The van der Waals surface area contributed by atoms with Crippen molar-refractivity contribution in [3.63, 3.8) is 0 Å². The van der Waals surface area contributed by atoms with Crippen molar-refractivity contribution < 1.29 is 14.7 Å². The maximum absolute atomic E-state index is 11.5. The van der Waals surface area contributed by atoms with Crippen LogP contribution in [0.3, 0.4) is 0 Å². The number of aryl methyl sites for hydroxylation is 1. The SMILES string of the molecule is Cc1cccc(C2=NC(=O)C(C(=O)O)C=C2)c1. The summed E-state index contributed by atoms with van der Waals surface area (Å²) in [6.45, 7) is 1.94. The van der Waals surface area contributed by atoms with Crippen molar-refractivity contribution in [2.45, 2.75) is 6.92 Å². The van der Waals surface area contributed by atoms with Gasteiger partial charge >= 0.3 is 5.97 Å². The molecule has 4 heteroatoms. The van der Waals surface area contributed by atoms with Gasteiger partial charge in [0.25, 0.3) is 5.91 Å². The highest BCUT2D eigenvalue weighted by molar-refractivity contribution is 6.18. The number of benzene rings is 1. The number of hydrogen-bond acceptors (Lipinski definition) is 2. The van der Waals surface area contributed by atoms with E-state index in [1.807, 2.05) is 31.2 Å². The van der Waals surface area contributed by atoms with Crippen LogP contribution < -0.4 is 0 Å². The molecule has 2 rings (SSSR count). The van der Waals surface area contributed by atoms with Crippen molar-refractivity contribution in [3.8, 4) is 0 Å². The largest absolute Gasteiger partial charge is 0.480 e. The number of carbonyl (C=O) groups is 2. The summed E-state index contributed by atoms with van der Waals surface area (Å²) in [6.07, 6.45) is 2.95. The van der Waals surface area contributed by atoms with Gasteiger partial charge in [0.05, 0.1) is 5.71 Å². The monoisotopic (exact) mass is 229 g/mol. The normalized spacial score (nSPS) is 19.0. The molecule has 0 radical (unpaired) electrons. The van der Waals surface area contributed by atoms with Gasteiger partial charge in [0, 0.05) is 5.56 Å². The van der Waals surface area contributed by atoms with Crippen LogP contribution in [0.2, 0.25) is 0 Å². The molecule has 0 spiro atoms. The van der Waals surface area contributed by atoms with Gasteiger partial charge in [-0.1, -0.05) is 29.8 Å². The van der Waals surface area contributed by atoms with Gasteiger partial charge in [-0.15, -0.1) is 0 Å². The van der Waals surface area contributed by atoms with Crippen LogP contribution in [0.5, 0.6) is 0 Å². The summed E-state index contributed by atoms with van der Waals surface area (Å²) in [5.74, 6) is -2.95. The predicted octanol–water partition coefficient (Wildman–Crippen LogP) is 1.58. The molecule has 0 saturated heterocycles. The number of nitrogens with zero attached hydrogens (tertiary/aromatic N) is 1. The van der Waals surface area contributed by atoms with E-state index in [0.29, 0.717) is 5.71 Å². The van der Waals surface area contributed by atoms with E-state index in [9.17, 15) is 9.59 Å². The molecule has 0 aromatic heterocycles. The zero-order valence-corrected chi connectivity index (χ0v) is 9.25. The van der Waals surface area contributed by atoms with E-state index in [-0.39, 0.29) is 0 Å². The second-order valence-electron chi connectivity index (χ2n) is 3.88. The molecule has 0 fully saturated rings. The summed E-state index contributed by atoms with van der Waals surface area (Å²) < 4.78 is 0. The molecule has 1 N–H and O–H groups in total. The molecule has 1 aromatic rings. The Morgan fingerprint density at radius 2 is 2.18 bits per heavy atom. The maximum atomic E-state index is 11.5. The molecule has 86 valence electrons. The van der Waals surface area contributed by atoms with Crippen molar-refractivity contribution in [1.82, 2.24) is 0 Å². The van der Waals surface area contributed by atoms with Crippen molar-refractivity contribution in [1.29, 1.82) is 0 Å². The molecule has 1 amide bonds. The van der Waals surface area contributed by atoms with Crippen molar-refractivity contribution in [2.24, 2.45) is 10.9 Å². The molecular weight excluding hydrogens is 218 g/mol. The minimum Gasteiger partial charge on any atom is -0.480 e. The highest BCUT2D eigenvalue weighted by Gasteiger charge is 2.26. The number of hydrogen-bond donors (Lipinski definition) is 1. The number of amides is 1. The Morgan fingerprint density at radius 3 is 2.76 bits per heavy atom. The summed E-state index contributed by atoms with van der Waals surface area (Å²) in [7, 11) is 0. The van der Waals surface area contributed by atoms with Gasteiger partial charge in [-0.2, -0.15) is 0 Å². The fraction of sp³-hybridized carbons (Fsp3) is 0.154. The van der Waals surface area contributed by atoms with Crippen LogP contribution in [0.1, 0.15) is 11.1 Å². The Labute approximate surface area is 98.3 Å². The van der Waals surface area contributed by atoms with E-state index in [1.54, 1.807) is 6.08 Å². The van der Waals surface area contributed by atoms with Gasteiger partial charge in [0.2, 0.25) is 0 Å². The van der Waals surface area contributed by atoms with Crippen LogP contribution in [-0.4, -0.2) is 22.7 Å². The molecule has 0 bridgehead atoms. The summed E-state index contributed by atoms with van der Waals surface area (Å²) >= 11 is 0. The van der Waals surface area contributed by atoms with Gasteiger partial charge in [0.1, 0.15) is 0 Å². The van der Waals surface area contributed by atoms with E-state index in [0.717, 1.165) is 11.1 Å². The number of dihydropyridines is 1. The lowest BCUT2D eigenvalue weighted by molar-refractivity contribution is -0.143. The molecule has 17 heavy (non-hydrogen) atoms. The average molecular weight is 229 g/mol. The van der Waals surface area contributed by atoms with Crippen LogP contribution in [0.15, 0.2) is 41.4 Å². The molecule has 1 aromatic carbocycles. The standard InChI is InChI=1S/C13H11NO3/c1-8-3-2-4-9(7-8)11-6-5-10(13(16)17)12(15)14-11/h2-7,10H,1H3,(H,16,17). The highest BCUT2D eigenvalue weighted by Crippen LogP contribution is 2.14. The second-order valence-corrected chi connectivity index (χ2v) is 3.88. The zero-order valence-electron chi connectivity index (χ0n) is 9.25. The van der Waals surface area contributed by atoms with Crippen LogP contribution in [0.4, 0.5) is 0 Å². The smallest absolute Gasteiger partial charge is 0.320 e. The Bertz CT molecular complexity index is 543. The number of aliphatic imine (C=N–C) groups is 1. The first-order valence-electron chi connectivity index (χ1n) is 5.18. The second kappa shape index (κ2) is 4.33. The van der Waals surface area contributed by atoms with Crippen LogP contribution >= 0.6 is 0 Å². The quantitative estimate of drug-likeness (QED) is 0.783. The first-order valence-corrected chi connectivity index (χ1v) is 5.18. The summed E-state index contributed by atoms with van der Waals surface area (Å²) in [5.41, 5.74) is 2.39. The third-order valence-corrected chi connectivity index (χ3v) is 2.52. The van der Waals surface area contributed by atoms with Crippen LogP contribution in [0, 0.1) is 12.8 Å². The fourth-order valence-electron chi connectivity index (χ4n) is 1.65. The number of carboxylic acid groups (broad SMARTS) is 1. The fourth-order valence-corrected chi connectivity index (χ4v) is 1.65. The summed E-state index contributed by atoms with van der Waals surface area (Å²) in [6, 6.07) is 7.55. The third kappa shape index (κ3) is 2.30. The number of rotatable bonds is 2. The Morgan fingerprint density at radius 1 is 1.41 bits per heavy atom. The summed E-state index contributed by atoms with van der Waals surface area (Å²) in [5, 5.41) is 8.77. The molecule has 0 aliphatic carbocycles. The van der Waals surface area contributed by atoms with Crippen molar-refractivity contribution in [3.05, 3.63) is 47.5 Å². The Balaban J connectivity index is 2.32. The Kier molecular flexibility index (Phi) is 2.87. The summed E-state index contributed by atoms with van der Waals surface area (Å²) in [4.78, 5) is 26.0. The number of carboxylic acids is 1. The van der Waals surface area contributed by atoms with Gasteiger partial charge < -0.3 is 5.11 Å². The van der Waals surface area contributed by atoms with Crippen molar-refractivity contribution in [2.75, 3.05) is 0 Å². The lowest BCUT2D eigenvalue weighted by Gasteiger charge is -2.10. The molecule has 1 aliphatic heterocycles. The van der Waals surface area contributed by atoms with E-state index in [1.165, 1.54) is 6.08 Å². The van der Waals surface area contributed by atoms with Crippen molar-refractivity contribution >= 4 is 17.6 Å². The van der Waals surface area contributed by atoms with Crippen LogP contribution in [0.25, 0.3) is 0 Å². The number of allylic oxidation sites excluding steroid dienone is 1. The minimum absolute atomic E-state index is 0.510. The lowest BCUT2D eigenvalue weighted by atomic mass is 10.0. The topological polar surface area (TPSA) is 66.7 Å². The molecule has 4 nitrogen and oxygen atoms in total. The van der Waals surface area contributed by atoms with E-state index < -0.39 is 17.8 Å². The predicted molar refractivity (Wildman–Crippen MR) is 63.0 cm³/mol. The molecule has 1 heterocycles. The first-order chi connectivity index (χ1) is 8.08. The third-order valence-electron chi connectivity index (χ3n) is 2.52. The van der Waals surface area contributed by atoms with E-state index in [2.05, 4.69) is 4.99 Å². The number of carbonyl (C=O) groups excluding carboxylic acids is 1. The minimum atomic E-state index is -1.17. The van der Waals surface area contributed by atoms with Gasteiger partial charge in [0.15, 0.2) is 5.92 Å². The first kappa shape index (κ1) is 11.3. The van der Waals surface area contributed by atoms with E-state index in [4.69, 9.17) is 5.11 Å². The highest BCUT2D eigenvalue weighted by atomic mass is 16.4. The lowest BCUT2D eigenvalue weighted by Crippen LogP contribution is -2.24. The zero-order chi connectivity index (χ0) is 12.4. The molecule has 1 unspecified atom stereocenters.